The molecule has 0 fully saturated rings. The van der Waals surface area contributed by atoms with Crippen molar-refractivity contribution in [1.82, 2.24) is 5.32 Å². The average Bonchev–Trinajstić information content (AvgIpc) is 2.41. The van der Waals surface area contributed by atoms with Crippen LogP contribution in [0.15, 0.2) is 24.3 Å². The molecule has 0 spiro atoms. The molecule has 0 saturated carbocycles. The number of hydrogen-bond donors (Lipinski definition) is 2. The maximum absolute atomic E-state index is 12.6. The van der Waals surface area contributed by atoms with Crippen LogP contribution < -0.4 is 11.1 Å². The smallest absolute Gasteiger partial charge is 0.356 e. The molecule has 0 aliphatic carbocycles. The van der Waals surface area contributed by atoms with Crippen LogP contribution in [0.1, 0.15) is 24.5 Å². The van der Waals surface area contributed by atoms with Gasteiger partial charge < -0.3 is 11.1 Å². The van der Waals surface area contributed by atoms with E-state index in [0.29, 0.717) is 12.1 Å². The van der Waals surface area contributed by atoms with Gasteiger partial charge in [-0.1, -0.05) is 25.1 Å². The summed E-state index contributed by atoms with van der Waals surface area (Å²) in [6, 6.07) is 4.99. The number of halogens is 3. The van der Waals surface area contributed by atoms with Crippen molar-refractivity contribution >= 4 is 5.91 Å². The molecule has 0 heterocycles. The number of rotatable bonds is 6. The van der Waals surface area contributed by atoms with Gasteiger partial charge >= 0.3 is 6.18 Å². The van der Waals surface area contributed by atoms with Crippen LogP contribution in [0.3, 0.4) is 0 Å². The third kappa shape index (κ3) is 4.85. The topological polar surface area (TPSA) is 55.1 Å². The summed E-state index contributed by atoms with van der Waals surface area (Å²) in [6.07, 6.45) is -3.37. The molecule has 1 atom stereocenters. The first-order chi connectivity index (χ1) is 9.38. The van der Waals surface area contributed by atoms with Gasteiger partial charge in [-0.25, -0.2) is 0 Å². The standard InChI is InChI=1S/C14H19F3N2O/c1-2-6-19-13(20)11(9-18)7-10-4-3-5-12(8-10)14(15,16)17/h3-5,8,11H,2,6-7,9,18H2,1H3,(H,19,20). The Kier molecular flexibility index (Phi) is 6.01. The number of amides is 1. The number of benzene rings is 1. The Balaban J connectivity index is 2.77. The van der Waals surface area contributed by atoms with Crippen LogP contribution in [0, 0.1) is 5.92 Å². The van der Waals surface area contributed by atoms with Crippen molar-refractivity contribution in [3.8, 4) is 0 Å². The quantitative estimate of drug-likeness (QED) is 0.844. The fourth-order valence-corrected chi connectivity index (χ4v) is 1.83. The van der Waals surface area contributed by atoms with Crippen LogP contribution in [0.25, 0.3) is 0 Å². The average molecular weight is 288 g/mol. The Labute approximate surface area is 116 Å². The Morgan fingerprint density at radius 1 is 1.40 bits per heavy atom. The van der Waals surface area contributed by atoms with Crippen molar-refractivity contribution in [2.24, 2.45) is 11.7 Å². The van der Waals surface area contributed by atoms with Crippen molar-refractivity contribution in [3.63, 3.8) is 0 Å². The van der Waals surface area contributed by atoms with Crippen molar-refractivity contribution in [2.45, 2.75) is 25.9 Å². The monoisotopic (exact) mass is 288 g/mol. The van der Waals surface area contributed by atoms with Gasteiger partial charge in [-0.05, 0) is 24.5 Å². The van der Waals surface area contributed by atoms with Crippen molar-refractivity contribution in [2.75, 3.05) is 13.1 Å². The zero-order valence-electron chi connectivity index (χ0n) is 11.3. The minimum absolute atomic E-state index is 0.103. The van der Waals surface area contributed by atoms with Crippen LogP contribution in [0.2, 0.25) is 0 Å². The maximum Gasteiger partial charge on any atom is 0.416 e. The van der Waals surface area contributed by atoms with E-state index in [9.17, 15) is 18.0 Å². The van der Waals surface area contributed by atoms with Gasteiger partial charge in [-0.3, -0.25) is 4.79 Å². The molecule has 112 valence electrons. The lowest BCUT2D eigenvalue weighted by molar-refractivity contribution is -0.137. The summed E-state index contributed by atoms with van der Waals surface area (Å²) >= 11 is 0. The lowest BCUT2D eigenvalue weighted by Gasteiger charge is -2.15. The van der Waals surface area contributed by atoms with Gasteiger partial charge in [0, 0.05) is 13.1 Å². The van der Waals surface area contributed by atoms with E-state index in [4.69, 9.17) is 5.73 Å². The van der Waals surface area contributed by atoms with E-state index in [1.165, 1.54) is 6.07 Å². The molecule has 0 saturated heterocycles. The summed E-state index contributed by atoms with van der Waals surface area (Å²) in [5.74, 6) is -0.725. The molecule has 3 N–H and O–H groups in total. The predicted octanol–water partition coefficient (Wildman–Crippen LogP) is 2.35. The van der Waals surface area contributed by atoms with Crippen LogP contribution in [0.5, 0.6) is 0 Å². The second-order valence-corrected chi connectivity index (χ2v) is 4.63. The maximum atomic E-state index is 12.6. The molecular weight excluding hydrogens is 269 g/mol. The highest BCUT2D eigenvalue weighted by molar-refractivity contribution is 5.79. The summed E-state index contributed by atoms with van der Waals surface area (Å²) in [7, 11) is 0. The normalized spacial score (nSPS) is 13.1. The number of nitrogens with one attached hydrogen (secondary N) is 1. The first kappa shape index (κ1) is 16.5. The van der Waals surface area contributed by atoms with Crippen molar-refractivity contribution in [3.05, 3.63) is 35.4 Å². The van der Waals surface area contributed by atoms with E-state index in [1.54, 1.807) is 6.07 Å². The highest BCUT2D eigenvalue weighted by atomic mass is 19.4. The molecular formula is C14H19F3N2O. The molecule has 0 aliphatic heterocycles. The zero-order chi connectivity index (χ0) is 15.2. The third-order valence-electron chi connectivity index (χ3n) is 2.94. The summed E-state index contributed by atoms with van der Waals surface area (Å²) in [5.41, 5.74) is 5.29. The molecule has 0 aliphatic rings. The number of carbonyl (C=O) groups excluding carboxylic acids is 1. The lowest BCUT2D eigenvalue weighted by atomic mass is 9.97. The van der Waals surface area contributed by atoms with Gasteiger partial charge in [0.15, 0.2) is 0 Å². The summed E-state index contributed by atoms with van der Waals surface area (Å²) in [5, 5.41) is 2.71. The number of carbonyl (C=O) groups is 1. The first-order valence-corrected chi connectivity index (χ1v) is 6.52. The summed E-state index contributed by atoms with van der Waals surface area (Å²) < 4.78 is 37.8. The second kappa shape index (κ2) is 7.28. The van der Waals surface area contributed by atoms with Gasteiger partial charge in [0.2, 0.25) is 5.91 Å². The zero-order valence-corrected chi connectivity index (χ0v) is 11.3. The lowest BCUT2D eigenvalue weighted by Crippen LogP contribution is -2.36. The fraction of sp³-hybridized carbons (Fsp3) is 0.500. The Bertz CT molecular complexity index is 446. The molecule has 0 bridgehead atoms. The van der Waals surface area contributed by atoms with Crippen LogP contribution in [-0.4, -0.2) is 19.0 Å². The van der Waals surface area contributed by atoms with E-state index >= 15 is 0 Å². The molecule has 1 unspecified atom stereocenters. The van der Waals surface area contributed by atoms with E-state index in [-0.39, 0.29) is 18.9 Å². The van der Waals surface area contributed by atoms with Crippen LogP contribution in [-0.2, 0) is 17.4 Å². The van der Waals surface area contributed by atoms with Gasteiger partial charge in [0.05, 0.1) is 11.5 Å². The van der Waals surface area contributed by atoms with E-state index in [1.807, 2.05) is 6.92 Å². The molecule has 3 nitrogen and oxygen atoms in total. The van der Waals surface area contributed by atoms with Gasteiger partial charge in [-0.2, -0.15) is 13.2 Å². The van der Waals surface area contributed by atoms with Crippen LogP contribution in [0.4, 0.5) is 13.2 Å². The molecule has 1 aromatic rings. The number of alkyl halides is 3. The van der Waals surface area contributed by atoms with Crippen molar-refractivity contribution < 1.29 is 18.0 Å². The fourth-order valence-electron chi connectivity index (χ4n) is 1.83. The van der Waals surface area contributed by atoms with Gasteiger partial charge in [-0.15, -0.1) is 0 Å². The van der Waals surface area contributed by atoms with Gasteiger partial charge in [0.1, 0.15) is 0 Å². The van der Waals surface area contributed by atoms with Gasteiger partial charge in [0.25, 0.3) is 0 Å². The van der Waals surface area contributed by atoms with E-state index < -0.39 is 17.7 Å². The van der Waals surface area contributed by atoms with E-state index in [2.05, 4.69) is 5.32 Å². The molecule has 0 aromatic heterocycles. The third-order valence-corrected chi connectivity index (χ3v) is 2.94. The molecule has 1 aromatic carbocycles. The van der Waals surface area contributed by atoms with E-state index in [0.717, 1.165) is 18.6 Å². The highest BCUT2D eigenvalue weighted by Crippen LogP contribution is 2.29. The largest absolute Gasteiger partial charge is 0.416 e. The Morgan fingerprint density at radius 2 is 2.10 bits per heavy atom. The predicted molar refractivity (Wildman–Crippen MR) is 71.0 cm³/mol. The summed E-state index contributed by atoms with van der Waals surface area (Å²) in [6.45, 7) is 2.56. The molecule has 1 amide bonds. The minimum atomic E-state index is -4.38. The summed E-state index contributed by atoms with van der Waals surface area (Å²) in [4.78, 5) is 11.8. The first-order valence-electron chi connectivity index (χ1n) is 6.52. The number of hydrogen-bond acceptors (Lipinski definition) is 2. The molecule has 1 rings (SSSR count). The Hall–Kier alpha value is -1.56. The minimum Gasteiger partial charge on any atom is -0.356 e. The van der Waals surface area contributed by atoms with Crippen molar-refractivity contribution in [1.29, 1.82) is 0 Å². The number of nitrogens with two attached hydrogens (primary N) is 1. The second-order valence-electron chi connectivity index (χ2n) is 4.63. The molecule has 20 heavy (non-hydrogen) atoms. The molecule has 0 radical (unpaired) electrons. The molecule has 6 heteroatoms. The highest BCUT2D eigenvalue weighted by Gasteiger charge is 2.30. The Morgan fingerprint density at radius 3 is 2.65 bits per heavy atom. The SMILES string of the molecule is CCCNC(=O)C(CN)Cc1cccc(C(F)(F)F)c1. The van der Waals surface area contributed by atoms with Crippen LogP contribution >= 0.6 is 0 Å².